The van der Waals surface area contributed by atoms with Crippen LogP contribution in [0.5, 0.6) is 0 Å². The fourth-order valence-corrected chi connectivity index (χ4v) is 7.96. The molecule has 0 amide bonds. The lowest BCUT2D eigenvalue weighted by atomic mass is 9.70. The second-order valence-electron chi connectivity index (χ2n) is 11.5. The molecule has 0 saturated carbocycles. The summed E-state index contributed by atoms with van der Waals surface area (Å²) in [7, 11) is 0. The summed E-state index contributed by atoms with van der Waals surface area (Å²) < 4.78 is 0. The molecule has 6 aromatic rings. The van der Waals surface area contributed by atoms with Crippen molar-refractivity contribution in [3.63, 3.8) is 0 Å². The predicted molar refractivity (Wildman–Crippen MR) is 183 cm³/mol. The summed E-state index contributed by atoms with van der Waals surface area (Å²) >= 11 is 9.51. The molecule has 0 aliphatic heterocycles. The van der Waals surface area contributed by atoms with Crippen molar-refractivity contribution in [3.05, 3.63) is 120 Å². The summed E-state index contributed by atoms with van der Waals surface area (Å²) in [6.45, 7) is 4.67. The van der Waals surface area contributed by atoms with Gasteiger partial charge in [-0.1, -0.05) is 112 Å². The summed E-state index contributed by atoms with van der Waals surface area (Å²) in [5.74, 6) is 0. The van der Waals surface area contributed by atoms with Gasteiger partial charge in [-0.15, -0.1) is 25.3 Å². The van der Waals surface area contributed by atoms with Gasteiger partial charge in [-0.3, -0.25) is 0 Å². The first kappa shape index (κ1) is 26.4. The lowest BCUT2D eigenvalue weighted by Gasteiger charge is -2.32. The molecule has 0 unspecified atom stereocenters. The molecule has 1 aliphatic rings. The van der Waals surface area contributed by atoms with E-state index < -0.39 is 0 Å². The molecule has 1 aliphatic carbocycles. The maximum atomic E-state index is 4.76. The van der Waals surface area contributed by atoms with Crippen molar-refractivity contribution in [2.75, 3.05) is 0 Å². The van der Waals surface area contributed by atoms with E-state index in [1.807, 2.05) is 0 Å². The van der Waals surface area contributed by atoms with E-state index in [0.717, 1.165) is 35.5 Å². The lowest BCUT2D eigenvalue weighted by Crippen LogP contribution is -2.25. The van der Waals surface area contributed by atoms with Gasteiger partial charge in [0.15, 0.2) is 0 Å². The predicted octanol–water partition coefficient (Wildman–Crippen LogP) is 11.8. The minimum atomic E-state index is -0.00122. The van der Waals surface area contributed by atoms with Crippen molar-refractivity contribution in [3.8, 4) is 33.4 Å². The van der Waals surface area contributed by atoms with Crippen LogP contribution in [0, 0.1) is 0 Å². The van der Waals surface area contributed by atoms with Crippen LogP contribution in [0.25, 0.3) is 54.9 Å². The fourth-order valence-electron chi connectivity index (χ4n) is 7.42. The average molecular weight is 567 g/mol. The van der Waals surface area contributed by atoms with Gasteiger partial charge in [0.05, 0.1) is 0 Å². The third-order valence-corrected chi connectivity index (χ3v) is 9.92. The number of rotatable bonds is 6. The molecule has 0 aromatic heterocycles. The Kier molecular flexibility index (Phi) is 6.72. The molecule has 0 radical (unpaired) electrons. The SMILES string of the molecule is CCCC1(CCC)c2cc(-c3ccc(S)c4ccccc34)ccc2-c2ccc(-c3ccc(S)c4ccccc34)cc21. The number of fused-ring (bicyclic) bond motifs is 5. The van der Waals surface area contributed by atoms with Crippen LogP contribution in [0.1, 0.15) is 50.7 Å². The molecular weight excluding hydrogens is 533 g/mol. The summed E-state index contributed by atoms with van der Waals surface area (Å²) in [5.41, 5.74) is 10.9. The number of benzene rings is 6. The molecule has 0 bridgehead atoms. The van der Waals surface area contributed by atoms with E-state index in [4.69, 9.17) is 25.3 Å². The molecule has 2 heteroatoms. The van der Waals surface area contributed by atoms with E-state index in [1.54, 1.807) is 0 Å². The molecule has 7 rings (SSSR count). The van der Waals surface area contributed by atoms with Crippen molar-refractivity contribution < 1.29 is 0 Å². The third-order valence-electron chi connectivity index (χ3n) is 9.14. The molecular formula is C39H34S2. The van der Waals surface area contributed by atoms with E-state index in [2.05, 4.69) is 123 Å². The standard InChI is InChI=1S/C39H34S2/c1-3-21-39(22-4-2)35-23-25(27-17-19-37(40)33-11-7-5-9-29(27)33)13-15-31(35)32-16-14-26(24-36(32)39)28-18-20-38(41)34-12-8-6-10-30(28)34/h5-20,23-24,40-41H,3-4,21-22H2,1-2H3. The van der Waals surface area contributed by atoms with E-state index >= 15 is 0 Å². The zero-order valence-corrected chi connectivity index (χ0v) is 25.4. The maximum Gasteiger partial charge on any atom is 0.0215 e. The van der Waals surface area contributed by atoms with Gasteiger partial charge in [-0.2, -0.15) is 0 Å². The Hall–Kier alpha value is -3.46. The summed E-state index contributed by atoms with van der Waals surface area (Å²) in [6, 6.07) is 40.4. The smallest absolute Gasteiger partial charge is 0.0215 e. The Bertz CT molecular complexity index is 1810. The van der Waals surface area contributed by atoms with E-state index in [0.29, 0.717) is 0 Å². The molecule has 202 valence electrons. The minimum absolute atomic E-state index is 0.00122. The molecule has 0 fully saturated rings. The normalized spacial score (nSPS) is 13.5. The molecule has 0 spiro atoms. The molecule has 41 heavy (non-hydrogen) atoms. The van der Waals surface area contributed by atoms with Crippen LogP contribution in [0.4, 0.5) is 0 Å². The van der Waals surface area contributed by atoms with Crippen LogP contribution in [-0.2, 0) is 5.41 Å². The van der Waals surface area contributed by atoms with Crippen molar-refractivity contribution in [2.45, 2.75) is 54.7 Å². The van der Waals surface area contributed by atoms with Gasteiger partial charge in [-0.25, -0.2) is 0 Å². The van der Waals surface area contributed by atoms with Crippen molar-refractivity contribution in [1.29, 1.82) is 0 Å². The number of hydrogen-bond donors (Lipinski definition) is 2. The average Bonchev–Trinajstić information content (AvgIpc) is 3.26. The van der Waals surface area contributed by atoms with E-state index in [9.17, 15) is 0 Å². The van der Waals surface area contributed by atoms with Crippen molar-refractivity contribution in [2.24, 2.45) is 0 Å². The Labute approximate surface area is 254 Å². The van der Waals surface area contributed by atoms with Gasteiger partial charge >= 0.3 is 0 Å². The van der Waals surface area contributed by atoms with Crippen LogP contribution >= 0.6 is 25.3 Å². The Balaban J connectivity index is 1.44. The molecule has 0 heterocycles. The zero-order chi connectivity index (χ0) is 28.1. The first-order chi connectivity index (χ1) is 20.1. The highest BCUT2D eigenvalue weighted by atomic mass is 32.1. The number of hydrogen-bond acceptors (Lipinski definition) is 2. The van der Waals surface area contributed by atoms with Crippen LogP contribution in [0.2, 0.25) is 0 Å². The van der Waals surface area contributed by atoms with Crippen LogP contribution in [0.15, 0.2) is 119 Å². The highest BCUT2D eigenvalue weighted by Crippen LogP contribution is 2.55. The van der Waals surface area contributed by atoms with Gasteiger partial charge in [-0.05, 0) is 103 Å². The molecule has 0 N–H and O–H groups in total. The Morgan fingerprint density at radius 3 is 1.27 bits per heavy atom. The van der Waals surface area contributed by atoms with Gasteiger partial charge in [0.25, 0.3) is 0 Å². The molecule has 0 saturated heterocycles. The maximum absolute atomic E-state index is 4.76. The van der Waals surface area contributed by atoms with E-state index in [-0.39, 0.29) is 5.41 Å². The fraction of sp³-hybridized carbons (Fsp3) is 0.179. The van der Waals surface area contributed by atoms with E-state index in [1.165, 1.54) is 66.1 Å². The monoisotopic (exact) mass is 566 g/mol. The largest absolute Gasteiger partial charge is 0.143 e. The van der Waals surface area contributed by atoms with Crippen LogP contribution < -0.4 is 0 Å². The molecule has 0 nitrogen and oxygen atoms in total. The summed E-state index contributed by atoms with van der Waals surface area (Å²) in [4.78, 5) is 2.05. The Morgan fingerprint density at radius 1 is 0.463 bits per heavy atom. The highest BCUT2D eigenvalue weighted by Gasteiger charge is 2.42. The zero-order valence-electron chi connectivity index (χ0n) is 23.6. The first-order valence-electron chi connectivity index (χ1n) is 14.8. The number of thiol groups is 2. The van der Waals surface area contributed by atoms with Gasteiger partial charge in [0, 0.05) is 15.2 Å². The quantitative estimate of drug-likeness (QED) is 0.184. The Morgan fingerprint density at radius 2 is 0.854 bits per heavy atom. The lowest BCUT2D eigenvalue weighted by molar-refractivity contribution is 0.436. The molecule has 6 aromatic carbocycles. The summed E-state index contributed by atoms with van der Waals surface area (Å²) in [5, 5.41) is 4.92. The van der Waals surface area contributed by atoms with Gasteiger partial charge < -0.3 is 0 Å². The van der Waals surface area contributed by atoms with Crippen LogP contribution in [-0.4, -0.2) is 0 Å². The second-order valence-corrected chi connectivity index (χ2v) is 12.4. The third kappa shape index (κ3) is 4.15. The topological polar surface area (TPSA) is 0 Å². The van der Waals surface area contributed by atoms with Crippen molar-refractivity contribution >= 4 is 46.8 Å². The minimum Gasteiger partial charge on any atom is -0.143 e. The van der Waals surface area contributed by atoms with Crippen LogP contribution in [0.3, 0.4) is 0 Å². The van der Waals surface area contributed by atoms with Gasteiger partial charge in [0.1, 0.15) is 0 Å². The highest BCUT2D eigenvalue weighted by molar-refractivity contribution is 7.80. The van der Waals surface area contributed by atoms with Crippen molar-refractivity contribution in [1.82, 2.24) is 0 Å². The second kappa shape index (κ2) is 10.4. The molecule has 0 atom stereocenters. The summed E-state index contributed by atoms with van der Waals surface area (Å²) in [6.07, 6.45) is 4.56. The first-order valence-corrected chi connectivity index (χ1v) is 15.7. The van der Waals surface area contributed by atoms with Gasteiger partial charge in [0.2, 0.25) is 0 Å².